The second kappa shape index (κ2) is 7.12. The van der Waals surface area contributed by atoms with Crippen LogP contribution < -0.4 is 5.32 Å². The fraction of sp³-hybridized carbons (Fsp3) is 0.167. The molecule has 1 heterocycles. The van der Waals surface area contributed by atoms with E-state index in [-0.39, 0.29) is 17.8 Å². The quantitative estimate of drug-likeness (QED) is 0.865. The van der Waals surface area contributed by atoms with E-state index < -0.39 is 17.6 Å². The largest absolute Gasteiger partial charge is 0.476 e. The molecule has 2 N–H and O–H groups in total. The summed E-state index contributed by atoms with van der Waals surface area (Å²) < 4.78 is 27.1. The van der Waals surface area contributed by atoms with Crippen molar-refractivity contribution in [2.45, 2.75) is 20.4 Å². The van der Waals surface area contributed by atoms with Crippen LogP contribution >= 0.6 is 0 Å². The van der Waals surface area contributed by atoms with Gasteiger partial charge < -0.3 is 15.3 Å². The Hall–Kier alpha value is -2.89. The molecule has 0 fully saturated rings. The molecule has 0 saturated carbocycles. The number of aliphatic carboxylic acids is 1. The Morgan fingerprint density at radius 2 is 2.08 bits per heavy atom. The number of rotatable bonds is 5. The summed E-state index contributed by atoms with van der Waals surface area (Å²) in [7, 11) is 0. The summed E-state index contributed by atoms with van der Waals surface area (Å²) in [5.41, 5.74) is 1.54. The molecule has 1 aliphatic heterocycles. The van der Waals surface area contributed by atoms with Crippen molar-refractivity contribution in [2.75, 3.05) is 0 Å². The van der Waals surface area contributed by atoms with Gasteiger partial charge in [-0.05, 0) is 37.6 Å². The summed E-state index contributed by atoms with van der Waals surface area (Å²) in [4.78, 5) is 13.0. The number of nitrogens with zero attached hydrogens (tertiary/aromatic N) is 1. The van der Waals surface area contributed by atoms with Crippen LogP contribution in [0.4, 0.5) is 8.78 Å². The number of hydrogen-bond acceptors (Lipinski definition) is 3. The highest BCUT2D eigenvalue weighted by molar-refractivity contribution is 5.88. The molecule has 0 saturated heterocycles. The van der Waals surface area contributed by atoms with Gasteiger partial charge in [-0.1, -0.05) is 12.7 Å². The van der Waals surface area contributed by atoms with Crippen LogP contribution in [-0.4, -0.2) is 16.0 Å². The molecular formula is C18H18F2N2O2. The van der Waals surface area contributed by atoms with Crippen LogP contribution in [-0.2, 0) is 11.3 Å². The third-order valence-electron chi connectivity index (χ3n) is 3.59. The standard InChI is InChI=1S/C18H18F2N2O2/c1-4-7-22-12(3)5-6-16(17(22)18(23)24)21-10-14-11(2)8-13(19)9-15(14)20/h4-9,21H,3,10H2,1-2H3,(H,23,24)/b7-4-. The fourth-order valence-corrected chi connectivity index (χ4v) is 2.43. The average Bonchev–Trinajstić information content (AvgIpc) is 2.48. The Kier molecular flexibility index (Phi) is 5.18. The Balaban J connectivity index is 2.35. The molecule has 126 valence electrons. The van der Waals surface area contributed by atoms with Gasteiger partial charge in [-0.2, -0.15) is 0 Å². The topological polar surface area (TPSA) is 52.6 Å². The maximum atomic E-state index is 13.9. The monoisotopic (exact) mass is 332 g/mol. The number of benzene rings is 1. The molecule has 0 spiro atoms. The minimum atomic E-state index is -1.14. The fourth-order valence-electron chi connectivity index (χ4n) is 2.43. The van der Waals surface area contributed by atoms with Crippen LogP contribution in [0, 0.1) is 18.6 Å². The lowest BCUT2D eigenvalue weighted by molar-refractivity contribution is -0.134. The number of allylic oxidation sites excluding steroid dienone is 3. The smallest absolute Gasteiger partial charge is 0.355 e. The predicted molar refractivity (Wildman–Crippen MR) is 87.5 cm³/mol. The van der Waals surface area contributed by atoms with E-state index in [0.717, 1.165) is 6.07 Å². The molecule has 4 nitrogen and oxygen atoms in total. The number of carboxylic acid groups (broad SMARTS) is 1. The van der Waals surface area contributed by atoms with Gasteiger partial charge in [0.25, 0.3) is 0 Å². The van der Waals surface area contributed by atoms with Crippen LogP contribution in [0.25, 0.3) is 0 Å². The first-order valence-corrected chi connectivity index (χ1v) is 7.30. The highest BCUT2D eigenvalue weighted by Crippen LogP contribution is 2.24. The minimum Gasteiger partial charge on any atom is -0.476 e. The Morgan fingerprint density at radius 1 is 1.38 bits per heavy atom. The molecule has 24 heavy (non-hydrogen) atoms. The summed E-state index contributed by atoms with van der Waals surface area (Å²) in [5, 5.41) is 12.4. The molecular weight excluding hydrogens is 314 g/mol. The minimum absolute atomic E-state index is 0.0132. The van der Waals surface area contributed by atoms with Gasteiger partial charge >= 0.3 is 5.97 Å². The van der Waals surface area contributed by atoms with E-state index in [2.05, 4.69) is 11.9 Å². The SMILES string of the molecule is C=C1C=CC(NCc2c(C)cc(F)cc2F)=C(C(=O)O)N1/C=C\C. The lowest BCUT2D eigenvalue weighted by Gasteiger charge is -2.27. The van der Waals surface area contributed by atoms with E-state index in [1.165, 1.54) is 11.0 Å². The van der Waals surface area contributed by atoms with Gasteiger partial charge in [-0.25, -0.2) is 13.6 Å². The third kappa shape index (κ3) is 3.53. The van der Waals surface area contributed by atoms with E-state index in [9.17, 15) is 18.7 Å². The highest BCUT2D eigenvalue weighted by atomic mass is 19.1. The molecule has 2 rings (SSSR count). The maximum Gasteiger partial charge on any atom is 0.355 e. The number of carboxylic acids is 1. The Bertz CT molecular complexity index is 756. The molecule has 0 amide bonds. The zero-order chi connectivity index (χ0) is 17.9. The zero-order valence-electron chi connectivity index (χ0n) is 13.4. The number of halogens is 2. The van der Waals surface area contributed by atoms with E-state index in [0.29, 0.717) is 17.0 Å². The van der Waals surface area contributed by atoms with Crippen molar-refractivity contribution in [1.82, 2.24) is 10.2 Å². The van der Waals surface area contributed by atoms with Crippen LogP contribution in [0.5, 0.6) is 0 Å². The Labute approximate surface area is 139 Å². The van der Waals surface area contributed by atoms with Crippen molar-refractivity contribution in [3.05, 3.63) is 83.0 Å². The second-order valence-electron chi connectivity index (χ2n) is 5.28. The predicted octanol–water partition coefficient (Wildman–Crippen LogP) is 3.58. The van der Waals surface area contributed by atoms with Crippen molar-refractivity contribution in [3.8, 4) is 0 Å². The van der Waals surface area contributed by atoms with Crippen molar-refractivity contribution < 1.29 is 18.7 Å². The molecule has 1 aliphatic rings. The lowest BCUT2D eigenvalue weighted by atomic mass is 10.1. The van der Waals surface area contributed by atoms with Gasteiger partial charge in [-0.3, -0.25) is 0 Å². The van der Waals surface area contributed by atoms with Crippen LogP contribution in [0.3, 0.4) is 0 Å². The summed E-state index contributed by atoms with van der Waals surface area (Å²) in [6, 6.07) is 2.04. The molecule has 0 atom stereocenters. The number of nitrogens with one attached hydrogen (secondary N) is 1. The molecule has 0 bridgehead atoms. The van der Waals surface area contributed by atoms with Gasteiger partial charge in [0.1, 0.15) is 11.6 Å². The molecule has 0 aromatic heterocycles. The second-order valence-corrected chi connectivity index (χ2v) is 5.28. The summed E-state index contributed by atoms with van der Waals surface area (Å²) in [6.07, 6.45) is 6.50. The molecule has 1 aromatic rings. The highest BCUT2D eigenvalue weighted by Gasteiger charge is 2.24. The van der Waals surface area contributed by atoms with Crippen LogP contribution in [0.1, 0.15) is 18.1 Å². The normalized spacial score (nSPS) is 14.7. The van der Waals surface area contributed by atoms with Crippen molar-refractivity contribution in [2.24, 2.45) is 0 Å². The number of aryl methyl sites for hydroxylation is 1. The first kappa shape index (κ1) is 17.5. The van der Waals surface area contributed by atoms with Crippen LogP contribution in [0.15, 0.2) is 60.2 Å². The van der Waals surface area contributed by atoms with E-state index in [4.69, 9.17) is 0 Å². The van der Waals surface area contributed by atoms with Gasteiger partial charge in [0.2, 0.25) is 0 Å². The Morgan fingerprint density at radius 3 is 2.67 bits per heavy atom. The molecule has 0 unspecified atom stereocenters. The van der Waals surface area contributed by atoms with Crippen molar-refractivity contribution in [1.29, 1.82) is 0 Å². The first-order valence-electron chi connectivity index (χ1n) is 7.30. The van der Waals surface area contributed by atoms with E-state index in [1.54, 1.807) is 38.3 Å². The van der Waals surface area contributed by atoms with Gasteiger partial charge in [0, 0.05) is 30.1 Å². The first-order chi connectivity index (χ1) is 11.3. The van der Waals surface area contributed by atoms with E-state index in [1.807, 2.05) is 0 Å². The van der Waals surface area contributed by atoms with E-state index >= 15 is 0 Å². The number of hydrogen-bond donors (Lipinski definition) is 2. The van der Waals surface area contributed by atoms with Crippen molar-refractivity contribution >= 4 is 5.97 Å². The van der Waals surface area contributed by atoms with Gasteiger partial charge in [0.05, 0.1) is 5.70 Å². The molecule has 0 aliphatic carbocycles. The zero-order valence-corrected chi connectivity index (χ0v) is 13.4. The van der Waals surface area contributed by atoms with Gasteiger partial charge in [0.15, 0.2) is 5.70 Å². The maximum absolute atomic E-state index is 13.9. The summed E-state index contributed by atoms with van der Waals surface area (Å²) in [6.45, 7) is 7.19. The molecule has 0 radical (unpaired) electrons. The average molecular weight is 332 g/mol. The van der Waals surface area contributed by atoms with Gasteiger partial charge in [-0.15, -0.1) is 0 Å². The third-order valence-corrected chi connectivity index (χ3v) is 3.59. The molecule has 6 heteroatoms. The number of carbonyl (C=O) groups is 1. The lowest BCUT2D eigenvalue weighted by Crippen LogP contribution is -2.29. The van der Waals surface area contributed by atoms with Crippen molar-refractivity contribution in [3.63, 3.8) is 0 Å². The molecule has 1 aromatic carbocycles. The summed E-state index contributed by atoms with van der Waals surface area (Å²) >= 11 is 0. The van der Waals surface area contributed by atoms with Crippen LogP contribution in [0.2, 0.25) is 0 Å². The summed E-state index contributed by atoms with van der Waals surface area (Å²) in [5.74, 6) is -2.46.